The summed E-state index contributed by atoms with van der Waals surface area (Å²) in [7, 11) is 0. The van der Waals surface area contributed by atoms with Gasteiger partial charge in [0.25, 0.3) is 5.09 Å². The number of fused-ring (bicyclic) bond motifs is 2. The Morgan fingerprint density at radius 3 is 2.69 bits per heavy atom. The zero-order valence-corrected chi connectivity index (χ0v) is 15.0. The van der Waals surface area contributed by atoms with Crippen LogP contribution in [-0.2, 0) is 4.84 Å². The Kier molecular flexibility index (Phi) is 5.27. The third-order valence-electron chi connectivity index (χ3n) is 3.69. The average Bonchev–Trinajstić information content (AvgIpc) is 2.58. The van der Waals surface area contributed by atoms with E-state index in [0.717, 1.165) is 4.47 Å². The summed E-state index contributed by atoms with van der Waals surface area (Å²) in [6.07, 6.45) is 0.984. The molecule has 9 heteroatoms. The fourth-order valence-corrected chi connectivity index (χ4v) is 2.88. The average molecular weight is 424 g/mol. The molecular weight excluding hydrogens is 410 g/mol. The number of ether oxygens (including phenoxy) is 1. The zero-order valence-electron chi connectivity index (χ0n) is 13.4. The van der Waals surface area contributed by atoms with Gasteiger partial charge in [-0.05, 0) is 31.0 Å². The zero-order chi connectivity index (χ0) is 18.7. The molecule has 1 aromatic heterocycles. The highest BCUT2D eigenvalue weighted by Crippen LogP contribution is 2.31. The van der Waals surface area contributed by atoms with Gasteiger partial charge in [0, 0.05) is 16.6 Å². The summed E-state index contributed by atoms with van der Waals surface area (Å²) in [6, 6.07) is 7.93. The van der Waals surface area contributed by atoms with Gasteiger partial charge in [-0.3, -0.25) is 4.79 Å². The largest absolute Gasteiger partial charge is 0.507 e. The minimum atomic E-state index is -0.840. The van der Waals surface area contributed by atoms with Crippen molar-refractivity contribution >= 4 is 37.9 Å². The standard InChI is InChI=1S/C17H14BrNO7/c18-10-3-4-14-12(7-10)17(21)16-13(20)8-11(9-15(16)26-14)24-5-1-2-6-25-19(22)23/h3-4,7-9,20H,1-2,5-6H2. The maximum atomic E-state index is 12.6. The topological polar surface area (TPSA) is 112 Å². The van der Waals surface area contributed by atoms with Crippen LogP contribution in [0.1, 0.15) is 12.8 Å². The number of hydrogen-bond donors (Lipinski definition) is 1. The van der Waals surface area contributed by atoms with Crippen molar-refractivity contribution in [1.82, 2.24) is 0 Å². The van der Waals surface area contributed by atoms with E-state index in [1.165, 1.54) is 12.1 Å². The van der Waals surface area contributed by atoms with Crippen LogP contribution >= 0.6 is 15.9 Å². The Morgan fingerprint density at radius 2 is 1.92 bits per heavy atom. The summed E-state index contributed by atoms with van der Waals surface area (Å²) >= 11 is 3.31. The molecule has 0 aliphatic heterocycles. The number of halogens is 1. The number of benzene rings is 2. The number of nitrogens with zero attached hydrogens (tertiary/aromatic N) is 1. The second-order valence-electron chi connectivity index (χ2n) is 5.50. The summed E-state index contributed by atoms with van der Waals surface area (Å²) < 4.78 is 12.0. The van der Waals surface area contributed by atoms with Crippen LogP contribution in [0.2, 0.25) is 0 Å². The Morgan fingerprint density at radius 1 is 1.15 bits per heavy atom. The summed E-state index contributed by atoms with van der Waals surface area (Å²) in [5, 5.41) is 19.9. The molecule has 0 fully saturated rings. The Hall–Kier alpha value is -2.81. The van der Waals surface area contributed by atoms with E-state index < -0.39 is 5.09 Å². The first kappa shape index (κ1) is 18.0. The lowest BCUT2D eigenvalue weighted by Crippen LogP contribution is -2.05. The van der Waals surface area contributed by atoms with Gasteiger partial charge >= 0.3 is 0 Å². The summed E-state index contributed by atoms with van der Waals surface area (Å²) in [5.74, 6) is 0.106. The van der Waals surface area contributed by atoms with E-state index in [0.29, 0.717) is 29.6 Å². The number of phenols is 1. The van der Waals surface area contributed by atoms with E-state index in [1.807, 2.05) is 0 Å². The molecule has 1 heterocycles. The molecule has 0 atom stereocenters. The number of aromatic hydroxyl groups is 1. The van der Waals surface area contributed by atoms with Crippen molar-refractivity contribution in [3.63, 3.8) is 0 Å². The maximum Gasteiger partial charge on any atom is 0.294 e. The van der Waals surface area contributed by atoms with Gasteiger partial charge in [-0.25, -0.2) is 0 Å². The van der Waals surface area contributed by atoms with Gasteiger partial charge in [0.2, 0.25) is 5.43 Å². The summed E-state index contributed by atoms with van der Waals surface area (Å²) in [6.45, 7) is 0.270. The van der Waals surface area contributed by atoms with E-state index in [2.05, 4.69) is 20.8 Å². The highest BCUT2D eigenvalue weighted by atomic mass is 79.9. The highest BCUT2D eigenvalue weighted by molar-refractivity contribution is 9.10. The molecule has 3 aromatic rings. The van der Waals surface area contributed by atoms with Crippen LogP contribution in [0, 0.1) is 10.1 Å². The van der Waals surface area contributed by atoms with Crippen molar-refractivity contribution < 1.29 is 24.2 Å². The van der Waals surface area contributed by atoms with E-state index in [4.69, 9.17) is 9.15 Å². The lowest BCUT2D eigenvalue weighted by atomic mass is 10.1. The second kappa shape index (κ2) is 7.61. The van der Waals surface area contributed by atoms with Crippen LogP contribution < -0.4 is 10.2 Å². The minimum absolute atomic E-state index is 0.00421. The monoisotopic (exact) mass is 423 g/mol. The van der Waals surface area contributed by atoms with Crippen molar-refractivity contribution in [2.45, 2.75) is 12.8 Å². The predicted molar refractivity (Wildman–Crippen MR) is 97.0 cm³/mol. The van der Waals surface area contributed by atoms with E-state index >= 15 is 0 Å². The van der Waals surface area contributed by atoms with E-state index in [1.54, 1.807) is 18.2 Å². The molecule has 0 aliphatic carbocycles. The van der Waals surface area contributed by atoms with Gasteiger partial charge in [0.05, 0.1) is 18.6 Å². The predicted octanol–water partition coefficient (Wildman–Crippen LogP) is 3.78. The fraction of sp³-hybridized carbons (Fsp3) is 0.235. The normalized spacial score (nSPS) is 11.0. The van der Waals surface area contributed by atoms with Crippen LogP contribution in [-0.4, -0.2) is 23.4 Å². The molecule has 0 amide bonds. The van der Waals surface area contributed by atoms with Gasteiger partial charge in [0.15, 0.2) is 0 Å². The smallest absolute Gasteiger partial charge is 0.294 e. The molecule has 3 rings (SSSR count). The molecule has 0 radical (unpaired) electrons. The van der Waals surface area contributed by atoms with Crippen LogP contribution in [0.4, 0.5) is 0 Å². The van der Waals surface area contributed by atoms with Crippen molar-refractivity contribution in [1.29, 1.82) is 0 Å². The highest BCUT2D eigenvalue weighted by Gasteiger charge is 2.14. The molecule has 26 heavy (non-hydrogen) atoms. The molecule has 0 spiro atoms. The van der Waals surface area contributed by atoms with Gasteiger partial charge in [-0.15, -0.1) is 10.1 Å². The third kappa shape index (κ3) is 3.88. The minimum Gasteiger partial charge on any atom is -0.507 e. The number of unbranched alkanes of at least 4 members (excludes halogenated alkanes) is 1. The first-order valence-electron chi connectivity index (χ1n) is 7.75. The molecule has 8 nitrogen and oxygen atoms in total. The number of hydrogen-bond acceptors (Lipinski definition) is 7. The Bertz CT molecular complexity index is 1030. The Labute approximate surface area is 155 Å². The molecule has 0 unspecified atom stereocenters. The molecule has 0 saturated carbocycles. The molecule has 0 aliphatic rings. The lowest BCUT2D eigenvalue weighted by Gasteiger charge is -2.09. The van der Waals surface area contributed by atoms with Crippen molar-refractivity contribution in [3.05, 3.63) is 55.1 Å². The SMILES string of the molecule is O=c1c2cc(Br)ccc2oc2cc(OCCCCO[N+](=O)[O-])cc(O)c12. The number of phenolic OH excluding ortho intramolecular Hbond substituents is 1. The quantitative estimate of drug-likeness (QED) is 0.266. The van der Waals surface area contributed by atoms with E-state index in [-0.39, 0.29) is 35.4 Å². The molecule has 136 valence electrons. The van der Waals surface area contributed by atoms with Crippen LogP contribution in [0.25, 0.3) is 21.9 Å². The van der Waals surface area contributed by atoms with Gasteiger partial charge in [-0.2, -0.15) is 0 Å². The van der Waals surface area contributed by atoms with Crippen LogP contribution in [0.3, 0.4) is 0 Å². The van der Waals surface area contributed by atoms with Gasteiger partial charge in [0.1, 0.15) is 28.1 Å². The molecule has 0 saturated heterocycles. The maximum absolute atomic E-state index is 12.6. The lowest BCUT2D eigenvalue weighted by molar-refractivity contribution is -0.757. The van der Waals surface area contributed by atoms with Crippen LogP contribution in [0.5, 0.6) is 11.5 Å². The van der Waals surface area contributed by atoms with Crippen LogP contribution in [0.15, 0.2) is 44.0 Å². The van der Waals surface area contributed by atoms with Crippen molar-refractivity contribution in [3.8, 4) is 11.5 Å². The van der Waals surface area contributed by atoms with Crippen molar-refractivity contribution in [2.24, 2.45) is 0 Å². The first-order valence-corrected chi connectivity index (χ1v) is 8.54. The molecule has 1 N–H and O–H groups in total. The second-order valence-corrected chi connectivity index (χ2v) is 6.42. The van der Waals surface area contributed by atoms with E-state index in [9.17, 15) is 20.0 Å². The Balaban J connectivity index is 1.81. The van der Waals surface area contributed by atoms with Gasteiger partial charge < -0.3 is 19.1 Å². The number of rotatable bonds is 7. The first-order chi connectivity index (χ1) is 12.5. The molecule has 2 aromatic carbocycles. The van der Waals surface area contributed by atoms with Gasteiger partial charge in [-0.1, -0.05) is 15.9 Å². The third-order valence-corrected chi connectivity index (χ3v) is 4.19. The van der Waals surface area contributed by atoms with Crippen molar-refractivity contribution in [2.75, 3.05) is 13.2 Å². The fourth-order valence-electron chi connectivity index (χ4n) is 2.52. The molecular formula is C17H14BrNO7. The summed E-state index contributed by atoms with van der Waals surface area (Å²) in [4.78, 5) is 26.9. The summed E-state index contributed by atoms with van der Waals surface area (Å²) in [5.41, 5.74) is 0.291. The molecule has 0 bridgehead atoms.